The van der Waals surface area contributed by atoms with Gasteiger partial charge in [0.1, 0.15) is 11.3 Å². The van der Waals surface area contributed by atoms with E-state index in [0.717, 1.165) is 11.1 Å². The lowest BCUT2D eigenvalue weighted by Gasteiger charge is -2.09. The van der Waals surface area contributed by atoms with Crippen molar-refractivity contribution >= 4 is 17.1 Å². The molecule has 0 spiro atoms. The van der Waals surface area contributed by atoms with E-state index in [1.54, 1.807) is 18.2 Å². The Balaban J connectivity index is 1.65. The summed E-state index contributed by atoms with van der Waals surface area (Å²) in [6.07, 6.45) is -0.0782. The van der Waals surface area contributed by atoms with Gasteiger partial charge in [0.05, 0.1) is 12.1 Å². The van der Waals surface area contributed by atoms with Crippen LogP contribution in [0.5, 0.6) is 0 Å². The van der Waals surface area contributed by atoms with Gasteiger partial charge in [0.2, 0.25) is 5.91 Å². The minimum atomic E-state index is -0.426. The lowest BCUT2D eigenvalue weighted by Crippen LogP contribution is -2.22. The maximum absolute atomic E-state index is 13.2. The molecule has 0 aliphatic heterocycles. The first kappa shape index (κ1) is 18.5. The first-order valence-electron chi connectivity index (χ1n) is 9.01. The Labute approximate surface area is 165 Å². The number of halogens is 1. The normalized spacial score (nSPS) is 11.0. The van der Waals surface area contributed by atoms with Crippen molar-refractivity contribution in [3.05, 3.63) is 81.7 Å². The third-order valence-electron chi connectivity index (χ3n) is 4.59. The Morgan fingerprint density at radius 3 is 2.62 bits per heavy atom. The van der Waals surface area contributed by atoms with Crippen molar-refractivity contribution in [3.63, 3.8) is 0 Å². The number of fused-ring (bicyclic) bond motifs is 1. The Morgan fingerprint density at radius 2 is 1.90 bits per heavy atom. The van der Waals surface area contributed by atoms with Crippen LogP contribution >= 0.6 is 0 Å². The van der Waals surface area contributed by atoms with E-state index in [9.17, 15) is 14.0 Å². The first-order valence-corrected chi connectivity index (χ1v) is 9.01. The number of hydrogen-bond donors (Lipinski definition) is 2. The molecule has 0 fully saturated rings. The van der Waals surface area contributed by atoms with Crippen LogP contribution in [0, 0.1) is 19.7 Å². The quantitative estimate of drug-likeness (QED) is 0.559. The molecule has 0 saturated heterocycles. The van der Waals surface area contributed by atoms with E-state index >= 15 is 0 Å². The van der Waals surface area contributed by atoms with Gasteiger partial charge in [-0.3, -0.25) is 9.59 Å². The molecule has 0 saturated carbocycles. The van der Waals surface area contributed by atoms with E-state index < -0.39 is 5.56 Å². The number of anilines is 1. The molecule has 4 rings (SSSR count). The second-order valence-electron chi connectivity index (χ2n) is 6.85. The highest BCUT2D eigenvalue weighted by molar-refractivity contribution is 5.92. The van der Waals surface area contributed by atoms with Crippen molar-refractivity contribution in [1.82, 2.24) is 19.8 Å². The van der Waals surface area contributed by atoms with Crippen LogP contribution < -0.4 is 10.9 Å². The summed E-state index contributed by atoms with van der Waals surface area (Å²) in [5.74, 6) is -0.354. The molecule has 2 heterocycles. The highest BCUT2D eigenvalue weighted by atomic mass is 19.1. The summed E-state index contributed by atoms with van der Waals surface area (Å²) in [6.45, 7) is 3.90. The monoisotopic (exact) mass is 391 g/mol. The molecule has 29 heavy (non-hydrogen) atoms. The second kappa shape index (κ2) is 7.31. The number of amides is 1. The van der Waals surface area contributed by atoms with Gasteiger partial charge in [0, 0.05) is 11.3 Å². The lowest BCUT2D eigenvalue weighted by atomic mass is 10.1. The number of benzene rings is 2. The fraction of sp³-hybridized carbons (Fsp3) is 0.143. The van der Waals surface area contributed by atoms with Crippen molar-refractivity contribution in [2.75, 3.05) is 5.32 Å². The standard InChI is InChI=1S/C21H18FN5O2/c1-12-3-8-16(13(2)9-12)23-20(28)11-19-24-25-21(29)18-10-17(26-27(18)19)14-4-6-15(22)7-5-14/h3-10H,11H2,1-2H3,(H,23,28)(H,25,29). The first-order chi connectivity index (χ1) is 13.9. The minimum absolute atomic E-state index is 0.0782. The Kier molecular flexibility index (Phi) is 4.67. The number of hydrogen-bond acceptors (Lipinski definition) is 4. The molecule has 0 atom stereocenters. The number of H-pyrrole nitrogens is 1. The van der Waals surface area contributed by atoms with Crippen molar-refractivity contribution in [2.24, 2.45) is 0 Å². The highest BCUT2D eigenvalue weighted by Gasteiger charge is 2.15. The number of nitrogens with one attached hydrogen (secondary N) is 2. The summed E-state index contributed by atoms with van der Waals surface area (Å²) in [5.41, 5.74) is 3.75. The third kappa shape index (κ3) is 3.77. The topological polar surface area (TPSA) is 92.1 Å². The Bertz CT molecular complexity index is 1270. The predicted octanol–water partition coefficient (Wildman–Crippen LogP) is 3.02. The molecule has 8 heteroatoms. The average Bonchev–Trinajstić information content (AvgIpc) is 3.13. The van der Waals surface area contributed by atoms with Gasteiger partial charge in [-0.25, -0.2) is 14.0 Å². The summed E-state index contributed by atoms with van der Waals surface area (Å²) in [4.78, 5) is 24.7. The van der Waals surface area contributed by atoms with Gasteiger partial charge in [-0.05, 0) is 55.8 Å². The average molecular weight is 391 g/mol. The molecule has 2 aromatic carbocycles. The molecule has 0 radical (unpaired) electrons. The molecule has 1 amide bonds. The zero-order valence-electron chi connectivity index (χ0n) is 15.9. The molecule has 0 aliphatic carbocycles. The lowest BCUT2D eigenvalue weighted by molar-refractivity contribution is -0.115. The molecule has 4 aromatic rings. The van der Waals surface area contributed by atoms with Gasteiger partial charge in [0.15, 0.2) is 5.82 Å². The van der Waals surface area contributed by atoms with E-state index in [1.165, 1.54) is 16.6 Å². The van der Waals surface area contributed by atoms with Gasteiger partial charge in [0.25, 0.3) is 5.56 Å². The van der Waals surface area contributed by atoms with Crippen LogP contribution in [0.2, 0.25) is 0 Å². The largest absolute Gasteiger partial charge is 0.325 e. The summed E-state index contributed by atoms with van der Waals surface area (Å²) in [5, 5.41) is 13.6. The van der Waals surface area contributed by atoms with E-state index in [4.69, 9.17) is 0 Å². The smallest absolute Gasteiger partial charge is 0.290 e. The fourth-order valence-electron chi connectivity index (χ4n) is 3.13. The number of aryl methyl sites for hydroxylation is 2. The highest BCUT2D eigenvalue weighted by Crippen LogP contribution is 2.20. The molecule has 0 unspecified atom stereocenters. The van der Waals surface area contributed by atoms with E-state index in [-0.39, 0.29) is 29.5 Å². The molecule has 7 nitrogen and oxygen atoms in total. The van der Waals surface area contributed by atoms with Crippen LogP contribution in [0.15, 0.2) is 53.3 Å². The van der Waals surface area contributed by atoms with Crippen LogP contribution in [-0.4, -0.2) is 25.7 Å². The number of carbonyl (C=O) groups excluding carboxylic acids is 1. The fourth-order valence-corrected chi connectivity index (χ4v) is 3.13. The molecule has 2 N–H and O–H groups in total. The van der Waals surface area contributed by atoms with Gasteiger partial charge in [-0.15, -0.1) is 0 Å². The zero-order chi connectivity index (χ0) is 20.5. The predicted molar refractivity (Wildman–Crippen MR) is 107 cm³/mol. The maximum atomic E-state index is 13.2. The summed E-state index contributed by atoms with van der Waals surface area (Å²) < 4.78 is 14.5. The zero-order valence-corrected chi connectivity index (χ0v) is 15.9. The number of aromatic nitrogens is 4. The number of nitrogens with zero attached hydrogens (tertiary/aromatic N) is 3. The molecule has 0 aliphatic rings. The summed E-state index contributed by atoms with van der Waals surface area (Å²) in [6, 6.07) is 13.1. The summed E-state index contributed by atoms with van der Waals surface area (Å²) in [7, 11) is 0. The van der Waals surface area contributed by atoms with Crippen molar-refractivity contribution in [3.8, 4) is 11.3 Å². The van der Waals surface area contributed by atoms with Crippen molar-refractivity contribution in [2.45, 2.75) is 20.3 Å². The molecule has 2 aromatic heterocycles. The SMILES string of the molecule is Cc1ccc(NC(=O)Cc2n[nH]c(=O)c3cc(-c4ccc(F)cc4)nn23)c(C)c1. The van der Waals surface area contributed by atoms with Crippen LogP contribution in [-0.2, 0) is 11.2 Å². The van der Waals surface area contributed by atoms with Gasteiger partial charge < -0.3 is 5.32 Å². The summed E-state index contributed by atoms with van der Waals surface area (Å²) >= 11 is 0. The molecular formula is C21H18FN5O2. The third-order valence-corrected chi connectivity index (χ3v) is 4.59. The maximum Gasteiger partial charge on any atom is 0.290 e. The Morgan fingerprint density at radius 1 is 1.14 bits per heavy atom. The van der Waals surface area contributed by atoms with E-state index in [1.807, 2.05) is 32.0 Å². The number of carbonyl (C=O) groups is 1. The van der Waals surface area contributed by atoms with Crippen molar-refractivity contribution in [1.29, 1.82) is 0 Å². The minimum Gasteiger partial charge on any atom is -0.325 e. The Hall–Kier alpha value is -3.81. The van der Waals surface area contributed by atoms with Crippen LogP contribution in [0.3, 0.4) is 0 Å². The van der Waals surface area contributed by atoms with Crippen molar-refractivity contribution < 1.29 is 9.18 Å². The van der Waals surface area contributed by atoms with Crippen LogP contribution in [0.1, 0.15) is 17.0 Å². The van der Waals surface area contributed by atoms with Gasteiger partial charge >= 0.3 is 0 Å². The molecule has 146 valence electrons. The number of rotatable bonds is 4. The van der Waals surface area contributed by atoms with Crippen LogP contribution in [0.4, 0.5) is 10.1 Å². The second-order valence-corrected chi connectivity index (χ2v) is 6.85. The van der Waals surface area contributed by atoms with E-state index in [0.29, 0.717) is 16.9 Å². The van der Waals surface area contributed by atoms with Gasteiger partial charge in [-0.1, -0.05) is 17.7 Å². The van der Waals surface area contributed by atoms with Crippen LogP contribution in [0.25, 0.3) is 16.8 Å². The number of aromatic amines is 1. The van der Waals surface area contributed by atoms with Gasteiger partial charge in [-0.2, -0.15) is 10.2 Å². The molecule has 0 bridgehead atoms. The molecular weight excluding hydrogens is 373 g/mol. The van der Waals surface area contributed by atoms with E-state index in [2.05, 4.69) is 20.6 Å².